The molecule has 0 saturated carbocycles. The van der Waals surface area contributed by atoms with Gasteiger partial charge in [-0.1, -0.05) is 24.3 Å². The average molecular weight is 427 g/mol. The molecule has 3 heterocycles. The van der Waals surface area contributed by atoms with E-state index in [1.807, 2.05) is 54.5 Å². The van der Waals surface area contributed by atoms with Crippen LogP contribution in [0.3, 0.4) is 0 Å². The van der Waals surface area contributed by atoms with Crippen molar-refractivity contribution in [2.45, 2.75) is 63.5 Å². The summed E-state index contributed by atoms with van der Waals surface area (Å²) in [6.07, 6.45) is 3.38. The van der Waals surface area contributed by atoms with E-state index in [0.29, 0.717) is 25.9 Å². The molecule has 0 radical (unpaired) electrons. The number of para-hydroxylation sites is 1. The molecule has 1 spiro atoms. The van der Waals surface area contributed by atoms with Gasteiger partial charge in [-0.3, -0.25) is 9.59 Å². The smallest absolute Gasteiger partial charge is 0.227 e. The normalized spacial score (nSPS) is 20.0. The van der Waals surface area contributed by atoms with Crippen molar-refractivity contribution in [3.05, 3.63) is 52.2 Å². The summed E-state index contributed by atoms with van der Waals surface area (Å²) in [5.74, 6) is 1.31. The average Bonchev–Trinajstić information content (AvgIpc) is 3.21. The SMILES string of the molecule is CC(C)NC(=O)CC1CC2(CCN(C(=O)Cc3cccs3)CC2)Oc2ccccc21. The molecule has 1 atom stereocenters. The Labute approximate surface area is 182 Å². The standard InChI is InChI=1S/C24H30N2O3S/c1-17(2)25-22(27)14-18-16-24(29-21-8-4-3-7-20(18)21)9-11-26(12-10-24)23(28)15-19-6-5-13-30-19/h3-8,13,17-18H,9-12,14-16H2,1-2H3,(H,25,27). The Bertz CT molecular complexity index is 886. The van der Waals surface area contributed by atoms with Gasteiger partial charge in [0, 0.05) is 49.2 Å². The van der Waals surface area contributed by atoms with Crippen molar-refractivity contribution >= 4 is 23.2 Å². The second-order valence-electron chi connectivity index (χ2n) is 8.79. The molecule has 2 amide bonds. The quantitative estimate of drug-likeness (QED) is 0.782. The number of likely N-dealkylation sites (tertiary alicyclic amines) is 1. The number of thiophene rings is 1. The van der Waals surface area contributed by atoms with Gasteiger partial charge in [-0.05, 0) is 43.3 Å². The highest BCUT2D eigenvalue weighted by Crippen LogP contribution is 2.46. The van der Waals surface area contributed by atoms with Gasteiger partial charge in [-0.2, -0.15) is 0 Å². The third-order valence-electron chi connectivity index (χ3n) is 6.12. The first-order valence-electron chi connectivity index (χ1n) is 10.8. The molecule has 1 unspecified atom stereocenters. The molecule has 30 heavy (non-hydrogen) atoms. The molecule has 6 heteroatoms. The van der Waals surface area contributed by atoms with E-state index in [1.165, 1.54) is 0 Å². The van der Waals surface area contributed by atoms with Gasteiger partial charge in [0.25, 0.3) is 0 Å². The Morgan fingerprint density at radius 2 is 1.97 bits per heavy atom. The van der Waals surface area contributed by atoms with Crippen LogP contribution in [0.5, 0.6) is 5.75 Å². The number of benzene rings is 1. The molecule has 4 rings (SSSR count). The van der Waals surface area contributed by atoms with Crippen molar-refractivity contribution in [3.63, 3.8) is 0 Å². The lowest BCUT2D eigenvalue weighted by Gasteiger charge is -2.47. The van der Waals surface area contributed by atoms with Gasteiger partial charge in [0.2, 0.25) is 11.8 Å². The molecule has 0 aliphatic carbocycles. The van der Waals surface area contributed by atoms with Crippen LogP contribution in [0.2, 0.25) is 0 Å². The zero-order chi connectivity index (χ0) is 21.1. The van der Waals surface area contributed by atoms with E-state index in [1.54, 1.807) is 11.3 Å². The summed E-state index contributed by atoms with van der Waals surface area (Å²) in [7, 11) is 0. The minimum absolute atomic E-state index is 0.0883. The van der Waals surface area contributed by atoms with Crippen LogP contribution in [0.15, 0.2) is 41.8 Å². The summed E-state index contributed by atoms with van der Waals surface area (Å²) in [6, 6.07) is 12.2. The number of hydrogen-bond donors (Lipinski definition) is 1. The molecule has 1 fully saturated rings. The maximum absolute atomic E-state index is 12.7. The second-order valence-corrected chi connectivity index (χ2v) is 9.82. The number of hydrogen-bond acceptors (Lipinski definition) is 4. The molecule has 2 aliphatic rings. The zero-order valence-electron chi connectivity index (χ0n) is 17.7. The number of amides is 2. The lowest BCUT2D eigenvalue weighted by Crippen LogP contribution is -2.52. The minimum atomic E-state index is -0.295. The van der Waals surface area contributed by atoms with Crippen molar-refractivity contribution in [2.75, 3.05) is 13.1 Å². The lowest BCUT2D eigenvalue weighted by molar-refractivity contribution is -0.134. The van der Waals surface area contributed by atoms with Crippen LogP contribution in [-0.4, -0.2) is 41.4 Å². The van der Waals surface area contributed by atoms with Gasteiger partial charge in [-0.15, -0.1) is 11.3 Å². The third-order valence-corrected chi connectivity index (χ3v) is 6.99. The summed E-state index contributed by atoms with van der Waals surface area (Å²) in [5, 5.41) is 5.03. The van der Waals surface area contributed by atoms with Gasteiger partial charge >= 0.3 is 0 Å². The summed E-state index contributed by atoms with van der Waals surface area (Å²) in [6.45, 7) is 5.38. The number of ether oxygens (including phenoxy) is 1. The van der Waals surface area contributed by atoms with Crippen molar-refractivity contribution in [3.8, 4) is 5.75 Å². The van der Waals surface area contributed by atoms with E-state index in [-0.39, 0.29) is 29.4 Å². The van der Waals surface area contributed by atoms with Crippen molar-refractivity contribution < 1.29 is 14.3 Å². The Hall–Kier alpha value is -2.34. The summed E-state index contributed by atoms with van der Waals surface area (Å²) in [5.41, 5.74) is 0.829. The lowest BCUT2D eigenvalue weighted by atomic mass is 9.76. The van der Waals surface area contributed by atoms with Crippen LogP contribution < -0.4 is 10.1 Å². The van der Waals surface area contributed by atoms with Crippen molar-refractivity contribution in [1.82, 2.24) is 10.2 Å². The van der Waals surface area contributed by atoms with E-state index in [4.69, 9.17) is 4.74 Å². The number of rotatable bonds is 5. The van der Waals surface area contributed by atoms with E-state index in [2.05, 4.69) is 11.4 Å². The molecule has 0 bridgehead atoms. The molecule has 1 saturated heterocycles. The van der Waals surface area contributed by atoms with Gasteiger partial charge in [0.15, 0.2) is 0 Å². The Morgan fingerprint density at radius 3 is 2.67 bits per heavy atom. The zero-order valence-corrected chi connectivity index (χ0v) is 18.5. The number of carbonyl (C=O) groups is 2. The predicted octanol–water partition coefficient (Wildman–Crippen LogP) is 4.13. The summed E-state index contributed by atoms with van der Waals surface area (Å²) >= 11 is 1.63. The Morgan fingerprint density at radius 1 is 1.20 bits per heavy atom. The highest BCUT2D eigenvalue weighted by molar-refractivity contribution is 7.10. The van der Waals surface area contributed by atoms with Crippen LogP contribution in [-0.2, 0) is 16.0 Å². The fourth-order valence-electron chi connectivity index (χ4n) is 4.68. The first-order valence-corrected chi connectivity index (χ1v) is 11.7. The van der Waals surface area contributed by atoms with Crippen molar-refractivity contribution in [2.24, 2.45) is 0 Å². The van der Waals surface area contributed by atoms with Crippen LogP contribution in [0.25, 0.3) is 0 Å². The fourth-order valence-corrected chi connectivity index (χ4v) is 5.37. The van der Waals surface area contributed by atoms with Gasteiger partial charge in [0.1, 0.15) is 11.4 Å². The molecule has 2 aromatic rings. The summed E-state index contributed by atoms with van der Waals surface area (Å²) in [4.78, 5) is 28.3. The molecule has 5 nitrogen and oxygen atoms in total. The Kier molecular flexibility index (Phi) is 6.14. The number of piperidine rings is 1. The molecular weight excluding hydrogens is 396 g/mol. The van der Waals surface area contributed by atoms with Gasteiger partial charge in [0.05, 0.1) is 6.42 Å². The molecule has 1 N–H and O–H groups in total. The molecule has 2 aliphatic heterocycles. The van der Waals surface area contributed by atoms with Crippen LogP contribution in [0, 0.1) is 0 Å². The maximum Gasteiger partial charge on any atom is 0.227 e. The van der Waals surface area contributed by atoms with Crippen LogP contribution in [0.1, 0.15) is 55.9 Å². The van der Waals surface area contributed by atoms with Gasteiger partial charge in [-0.25, -0.2) is 0 Å². The van der Waals surface area contributed by atoms with E-state index >= 15 is 0 Å². The number of nitrogens with zero attached hydrogens (tertiary/aromatic N) is 1. The largest absolute Gasteiger partial charge is 0.487 e. The first-order chi connectivity index (χ1) is 14.4. The highest BCUT2D eigenvalue weighted by atomic mass is 32.1. The second kappa shape index (κ2) is 8.80. The third kappa shape index (κ3) is 4.69. The topological polar surface area (TPSA) is 58.6 Å². The first kappa shape index (κ1) is 20.9. The fraction of sp³-hybridized carbons (Fsp3) is 0.500. The molecular formula is C24H30N2O3S. The molecule has 1 aromatic carbocycles. The number of nitrogens with one attached hydrogen (secondary N) is 1. The van der Waals surface area contributed by atoms with Crippen LogP contribution in [0.4, 0.5) is 0 Å². The monoisotopic (exact) mass is 426 g/mol. The van der Waals surface area contributed by atoms with E-state index in [9.17, 15) is 9.59 Å². The maximum atomic E-state index is 12.7. The van der Waals surface area contributed by atoms with Gasteiger partial charge < -0.3 is 15.0 Å². The van der Waals surface area contributed by atoms with E-state index < -0.39 is 0 Å². The number of carbonyl (C=O) groups excluding carboxylic acids is 2. The Balaban J connectivity index is 1.44. The number of fused-ring (bicyclic) bond motifs is 1. The van der Waals surface area contributed by atoms with Crippen LogP contribution >= 0.6 is 11.3 Å². The minimum Gasteiger partial charge on any atom is -0.487 e. The molecule has 160 valence electrons. The highest BCUT2D eigenvalue weighted by Gasteiger charge is 2.44. The van der Waals surface area contributed by atoms with Crippen molar-refractivity contribution in [1.29, 1.82) is 0 Å². The van der Waals surface area contributed by atoms with E-state index in [0.717, 1.165) is 35.5 Å². The summed E-state index contributed by atoms with van der Waals surface area (Å²) < 4.78 is 6.52. The predicted molar refractivity (Wildman–Crippen MR) is 119 cm³/mol. The molecule has 1 aromatic heterocycles.